The zero-order valence-electron chi connectivity index (χ0n) is 17.2. The average Bonchev–Trinajstić information content (AvgIpc) is 2.71. The van der Waals surface area contributed by atoms with Crippen LogP contribution >= 0.6 is 12.2 Å². The Balaban J connectivity index is 1.62. The summed E-state index contributed by atoms with van der Waals surface area (Å²) in [6.45, 7) is 9.46. The highest BCUT2D eigenvalue weighted by atomic mass is 32.1. The summed E-state index contributed by atoms with van der Waals surface area (Å²) >= 11 is 5.39. The number of nitrogens with one attached hydrogen (secondary N) is 3. The maximum absolute atomic E-state index is 9.48. The molecule has 0 unspecified atom stereocenters. The lowest BCUT2D eigenvalue weighted by Crippen LogP contribution is -2.32. The van der Waals surface area contributed by atoms with E-state index in [9.17, 15) is 5.26 Å². The molecule has 0 aliphatic rings. The Morgan fingerprint density at radius 1 is 1.03 bits per heavy atom. The molecule has 0 radical (unpaired) electrons. The van der Waals surface area contributed by atoms with E-state index >= 15 is 0 Å². The van der Waals surface area contributed by atoms with Crippen molar-refractivity contribution in [2.24, 2.45) is 0 Å². The maximum atomic E-state index is 9.48. The van der Waals surface area contributed by atoms with Crippen LogP contribution in [0.1, 0.15) is 27.8 Å². The maximum Gasteiger partial charge on any atom is 0.170 e. The van der Waals surface area contributed by atoms with Crippen molar-refractivity contribution in [3.63, 3.8) is 0 Å². The first-order valence-electron chi connectivity index (χ1n) is 9.56. The molecule has 3 rings (SSSR count). The number of aromatic nitrogens is 1. The summed E-state index contributed by atoms with van der Waals surface area (Å²) in [5.74, 6) is 0.601. The van der Waals surface area contributed by atoms with Gasteiger partial charge in [0.15, 0.2) is 5.11 Å². The Morgan fingerprint density at radius 3 is 2.55 bits per heavy atom. The van der Waals surface area contributed by atoms with Gasteiger partial charge in [-0.2, -0.15) is 5.26 Å². The van der Waals surface area contributed by atoms with Gasteiger partial charge in [0.2, 0.25) is 0 Å². The van der Waals surface area contributed by atoms with Crippen LogP contribution in [-0.4, -0.2) is 23.2 Å². The van der Waals surface area contributed by atoms with Gasteiger partial charge in [-0.3, -0.25) is 0 Å². The van der Waals surface area contributed by atoms with E-state index in [0.29, 0.717) is 29.6 Å². The molecule has 0 aliphatic heterocycles. The van der Waals surface area contributed by atoms with Crippen LogP contribution in [-0.2, 0) is 0 Å². The molecule has 0 amide bonds. The van der Waals surface area contributed by atoms with Crippen LogP contribution in [0.5, 0.6) is 0 Å². The summed E-state index contributed by atoms with van der Waals surface area (Å²) in [5, 5.41) is 20.7. The number of fused-ring (bicyclic) bond motifs is 1. The number of aryl methyl sites for hydroxylation is 3. The van der Waals surface area contributed by atoms with Crippen LogP contribution in [0.15, 0.2) is 36.4 Å². The van der Waals surface area contributed by atoms with Crippen molar-refractivity contribution < 1.29 is 0 Å². The summed E-state index contributed by atoms with van der Waals surface area (Å²) in [6.07, 6.45) is 0. The minimum atomic E-state index is 0.539. The summed E-state index contributed by atoms with van der Waals surface area (Å²) < 4.78 is 0. The molecule has 0 saturated carbocycles. The molecule has 3 N–H and O–H groups in total. The standard InChI is InChI=1S/C23H25N5S/c1-14-6-5-7-20(16(14)3)27-23(29)26-11-10-25-22-19(13-24)12-18-9-8-15(2)17(4)21(18)28-22/h5-9,12H,10-11H2,1-4H3,(H,25,28)(H2,26,27,29). The molecule has 3 aromatic rings. The molecule has 0 spiro atoms. The highest BCUT2D eigenvalue weighted by Crippen LogP contribution is 2.24. The van der Waals surface area contributed by atoms with Crippen LogP contribution in [0.2, 0.25) is 0 Å². The lowest BCUT2D eigenvalue weighted by Gasteiger charge is -2.15. The Hall–Kier alpha value is -3.17. The predicted molar refractivity (Wildman–Crippen MR) is 125 cm³/mol. The first-order chi connectivity index (χ1) is 13.9. The Morgan fingerprint density at radius 2 is 1.79 bits per heavy atom. The third-order valence-corrected chi connectivity index (χ3v) is 5.43. The molecule has 2 aromatic carbocycles. The van der Waals surface area contributed by atoms with Crippen LogP contribution in [0.3, 0.4) is 0 Å². The van der Waals surface area contributed by atoms with Gasteiger partial charge in [-0.1, -0.05) is 24.3 Å². The number of anilines is 2. The quantitative estimate of drug-likeness (QED) is 0.422. The number of benzene rings is 2. The van der Waals surface area contributed by atoms with E-state index in [1.807, 2.05) is 24.3 Å². The van der Waals surface area contributed by atoms with Crippen molar-refractivity contribution in [2.75, 3.05) is 23.7 Å². The lowest BCUT2D eigenvalue weighted by atomic mass is 10.0. The van der Waals surface area contributed by atoms with E-state index in [1.165, 1.54) is 16.7 Å². The van der Waals surface area contributed by atoms with Gasteiger partial charge in [0.05, 0.1) is 11.1 Å². The number of nitriles is 1. The van der Waals surface area contributed by atoms with Crippen LogP contribution in [0.4, 0.5) is 11.5 Å². The molecule has 0 atom stereocenters. The zero-order chi connectivity index (χ0) is 21.0. The average molecular weight is 404 g/mol. The molecule has 29 heavy (non-hydrogen) atoms. The number of thiocarbonyl (C=S) groups is 1. The summed E-state index contributed by atoms with van der Waals surface area (Å²) in [4.78, 5) is 4.70. The monoisotopic (exact) mass is 403 g/mol. The fourth-order valence-electron chi connectivity index (χ4n) is 3.11. The Kier molecular flexibility index (Phi) is 6.30. The van der Waals surface area contributed by atoms with Crippen LogP contribution < -0.4 is 16.0 Å². The van der Waals surface area contributed by atoms with Crippen molar-refractivity contribution in [1.29, 1.82) is 5.26 Å². The summed E-state index contributed by atoms with van der Waals surface area (Å²) in [7, 11) is 0. The second-order valence-corrected chi connectivity index (χ2v) is 7.54. The molecule has 0 fully saturated rings. The van der Waals surface area contributed by atoms with Gasteiger partial charge in [0.25, 0.3) is 0 Å². The molecule has 148 valence electrons. The predicted octanol–water partition coefficient (Wildman–Crippen LogP) is 4.74. The molecular weight excluding hydrogens is 378 g/mol. The van der Waals surface area contributed by atoms with Crippen molar-refractivity contribution in [3.8, 4) is 6.07 Å². The molecule has 1 aromatic heterocycles. The third kappa shape index (κ3) is 4.64. The molecule has 1 heterocycles. The van der Waals surface area contributed by atoms with Crippen LogP contribution in [0, 0.1) is 39.0 Å². The SMILES string of the molecule is Cc1cccc(NC(=S)NCCNc2nc3c(C)c(C)ccc3cc2C#N)c1C. The molecule has 0 aliphatic carbocycles. The highest BCUT2D eigenvalue weighted by molar-refractivity contribution is 7.80. The van der Waals surface area contributed by atoms with E-state index in [2.05, 4.69) is 61.8 Å². The number of nitrogens with zero attached hydrogens (tertiary/aromatic N) is 2. The number of hydrogen-bond acceptors (Lipinski definition) is 4. The summed E-state index contributed by atoms with van der Waals surface area (Å²) in [5.41, 5.74) is 7.18. The van der Waals surface area contributed by atoms with Gasteiger partial charge in [-0.15, -0.1) is 0 Å². The van der Waals surface area contributed by atoms with E-state index in [1.54, 1.807) is 0 Å². The zero-order valence-corrected chi connectivity index (χ0v) is 18.0. The van der Waals surface area contributed by atoms with E-state index in [-0.39, 0.29) is 0 Å². The van der Waals surface area contributed by atoms with Gasteiger partial charge < -0.3 is 16.0 Å². The number of pyridine rings is 1. The fraction of sp³-hybridized carbons (Fsp3) is 0.261. The van der Waals surface area contributed by atoms with Gasteiger partial charge in [0.1, 0.15) is 11.9 Å². The minimum absolute atomic E-state index is 0.539. The van der Waals surface area contributed by atoms with Gasteiger partial charge in [0, 0.05) is 24.2 Å². The molecule has 0 saturated heterocycles. The summed E-state index contributed by atoms with van der Waals surface area (Å²) in [6, 6.07) is 14.3. The molecule has 5 nitrogen and oxygen atoms in total. The largest absolute Gasteiger partial charge is 0.367 e. The van der Waals surface area contributed by atoms with E-state index in [0.717, 1.165) is 22.2 Å². The Bertz CT molecular complexity index is 1110. The minimum Gasteiger partial charge on any atom is -0.367 e. The first kappa shape index (κ1) is 20.6. The van der Waals surface area contributed by atoms with E-state index in [4.69, 9.17) is 17.2 Å². The topological polar surface area (TPSA) is 72.8 Å². The Labute approximate surface area is 177 Å². The molecule has 6 heteroatoms. The lowest BCUT2D eigenvalue weighted by molar-refractivity contribution is 0.910. The molecule has 0 bridgehead atoms. The van der Waals surface area contributed by atoms with Crippen LogP contribution in [0.25, 0.3) is 10.9 Å². The van der Waals surface area contributed by atoms with Gasteiger partial charge in [-0.25, -0.2) is 4.98 Å². The van der Waals surface area contributed by atoms with Crippen molar-refractivity contribution in [3.05, 3.63) is 64.2 Å². The normalized spacial score (nSPS) is 10.4. The van der Waals surface area contributed by atoms with Crippen molar-refractivity contribution >= 4 is 39.7 Å². The smallest absolute Gasteiger partial charge is 0.170 e. The highest BCUT2D eigenvalue weighted by Gasteiger charge is 2.09. The third-order valence-electron chi connectivity index (χ3n) is 5.19. The fourth-order valence-corrected chi connectivity index (χ4v) is 3.32. The first-order valence-corrected chi connectivity index (χ1v) is 9.97. The van der Waals surface area contributed by atoms with Crippen molar-refractivity contribution in [2.45, 2.75) is 27.7 Å². The van der Waals surface area contributed by atoms with Crippen molar-refractivity contribution in [1.82, 2.24) is 10.3 Å². The van der Waals surface area contributed by atoms with Gasteiger partial charge in [-0.05, 0) is 74.3 Å². The second kappa shape index (κ2) is 8.89. The number of hydrogen-bond donors (Lipinski definition) is 3. The second-order valence-electron chi connectivity index (χ2n) is 7.13. The number of rotatable bonds is 5. The molecular formula is C23H25N5S. The van der Waals surface area contributed by atoms with E-state index < -0.39 is 0 Å². The van der Waals surface area contributed by atoms with Gasteiger partial charge >= 0.3 is 0 Å².